The minimum Gasteiger partial charge on any atom is -0.299 e. The molecule has 4 heteroatoms. The minimum absolute atomic E-state index is 0.255. The molecule has 4 aliphatic rings. The molecule has 0 aromatic heterocycles. The average Bonchev–Trinajstić information content (AvgIpc) is 2.49. The molecule has 2 unspecified atom stereocenters. The third kappa shape index (κ3) is 2.40. The van der Waals surface area contributed by atoms with Crippen LogP contribution in [0.25, 0.3) is 0 Å². The van der Waals surface area contributed by atoms with Crippen LogP contribution >= 0.6 is 0 Å². The Labute approximate surface area is 127 Å². The summed E-state index contributed by atoms with van der Waals surface area (Å²) in [5.41, 5.74) is 6.11. The highest BCUT2D eigenvalue weighted by Gasteiger charge is 2.38. The summed E-state index contributed by atoms with van der Waals surface area (Å²) in [6.07, 6.45) is 4.06. The van der Waals surface area contributed by atoms with Crippen molar-refractivity contribution in [2.45, 2.75) is 37.3 Å². The average molecular weight is 286 g/mol. The number of nitrogens with one attached hydrogen (secondary N) is 1. The van der Waals surface area contributed by atoms with Crippen LogP contribution in [0.5, 0.6) is 0 Å². The van der Waals surface area contributed by atoms with Gasteiger partial charge in [0.1, 0.15) is 0 Å². The van der Waals surface area contributed by atoms with Gasteiger partial charge in [-0.15, -0.1) is 0 Å². The van der Waals surface area contributed by atoms with E-state index < -0.39 is 0 Å². The Morgan fingerprint density at radius 3 is 2.43 bits per heavy atom. The van der Waals surface area contributed by atoms with Gasteiger partial charge in [0.2, 0.25) is 0 Å². The van der Waals surface area contributed by atoms with Crippen LogP contribution in [0.2, 0.25) is 0 Å². The quantitative estimate of drug-likeness (QED) is 0.650. The predicted octanol–water partition coefficient (Wildman–Crippen LogP) is 1.46. The van der Waals surface area contributed by atoms with Crippen molar-refractivity contribution in [3.63, 3.8) is 0 Å². The van der Waals surface area contributed by atoms with Gasteiger partial charge in [0.05, 0.1) is 6.04 Å². The van der Waals surface area contributed by atoms with Crippen molar-refractivity contribution < 1.29 is 0 Å². The Kier molecular flexibility index (Phi) is 3.71. The van der Waals surface area contributed by atoms with E-state index in [0.717, 1.165) is 12.5 Å². The summed E-state index contributed by atoms with van der Waals surface area (Å²) in [5, 5.41) is 0. The SMILES string of the molecule is NNC(c1ccccc1C1CCC1)C1CN2CCN1CC2. The largest absolute Gasteiger partial charge is 0.299 e. The fraction of sp³-hybridized carbons (Fsp3) is 0.647. The molecule has 4 nitrogen and oxygen atoms in total. The molecule has 2 bridgehead atoms. The van der Waals surface area contributed by atoms with Crippen molar-refractivity contribution in [3.8, 4) is 0 Å². The van der Waals surface area contributed by atoms with Crippen LogP contribution in [-0.2, 0) is 0 Å². The maximum absolute atomic E-state index is 6.00. The van der Waals surface area contributed by atoms with Crippen LogP contribution in [0, 0.1) is 0 Å². The summed E-state index contributed by atoms with van der Waals surface area (Å²) in [6.45, 7) is 5.97. The van der Waals surface area contributed by atoms with Gasteiger partial charge in [-0.2, -0.15) is 0 Å². The van der Waals surface area contributed by atoms with Crippen molar-refractivity contribution >= 4 is 0 Å². The first-order valence-electron chi connectivity index (χ1n) is 8.38. The fourth-order valence-electron chi connectivity index (χ4n) is 4.27. The molecule has 3 aliphatic heterocycles. The minimum atomic E-state index is 0.255. The van der Waals surface area contributed by atoms with E-state index in [-0.39, 0.29) is 6.04 Å². The van der Waals surface area contributed by atoms with Crippen LogP contribution in [-0.4, -0.2) is 48.6 Å². The van der Waals surface area contributed by atoms with E-state index in [2.05, 4.69) is 39.5 Å². The Morgan fingerprint density at radius 2 is 1.86 bits per heavy atom. The van der Waals surface area contributed by atoms with Gasteiger partial charge in [0.15, 0.2) is 0 Å². The number of benzene rings is 1. The zero-order chi connectivity index (χ0) is 14.2. The molecular formula is C17H26N4. The zero-order valence-electron chi connectivity index (χ0n) is 12.7. The summed E-state index contributed by atoms with van der Waals surface area (Å²) in [5.74, 6) is 6.76. The lowest BCUT2D eigenvalue weighted by Crippen LogP contribution is -2.64. The number of rotatable bonds is 4. The third-order valence-electron chi connectivity index (χ3n) is 5.76. The first kappa shape index (κ1) is 13.7. The number of hydrogen-bond acceptors (Lipinski definition) is 4. The molecular weight excluding hydrogens is 260 g/mol. The van der Waals surface area contributed by atoms with Gasteiger partial charge >= 0.3 is 0 Å². The van der Waals surface area contributed by atoms with Gasteiger partial charge in [-0.25, -0.2) is 0 Å². The van der Waals surface area contributed by atoms with E-state index in [9.17, 15) is 0 Å². The molecule has 1 aliphatic carbocycles. The molecule has 1 aromatic rings. The fourth-order valence-corrected chi connectivity index (χ4v) is 4.27. The van der Waals surface area contributed by atoms with Crippen molar-refractivity contribution in [2.75, 3.05) is 32.7 Å². The smallest absolute Gasteiger partial charge is 0.0630 e. The van der Waals surface area contributed by atoms with E-state index in [1.165, 1.54) is 56.6 Å². The molecule has 114 valence electrons. The van der Waals surface area contributed by atoms with Crippen LogP contribution in [0.3, 0.4) is 0 Å². The molecule has 0 amide bonds. The number of piperazine rings is 3. The maximum Gasteiger partial charge on any atom is 0.0630 e. The Balaban J connectivity index is 1.64. The molecule has 21 heavy (non-hydrogen) atoms. The number of nitrogens with two attached hydrogens (primary N) is 1. The van der Waals surface area contributed by atoms with E-state index in [1.54, 1.807) is 0 Å². The van der Waals surface area contributed by atoms with E-state index >= 15 is 0 Å². The second-order valence-electron chi connectivity index (χ2n) is 6.81. The monoisotopic (exact) mass is 286 g/mol. The summed E-state index contributed by atoms with van der Waals surface area (Å²) >= 11 is 0. The number of hydrogen-bond donors (Lipinski definition) is 2. The highest BCUT2D eigenvalue weighted by Crippen LogP contribution is 2.40. The molecule has 2 atom stereocenters. The number of fused-ring (bicyclic) bond motifs is 3. The van der Waals surface area contributed by atoms with E-state index in [0.29, 0.717) is 6.04 Å². The summed E-state index contributed by atoms with van der Waals surface area (Å²) < 4.78 is 0. The van der Waals surface area contributed by atoms with Crippen LogP contribution in [0.15, 0.2) is 24.3 Å². The van der Waals surface area contributed by atoms with Crippen molar-refractivity contribution in [2.24, 2.45) is 5.84 Å². The Bertz CT molecular complexity index is 491. The highest BCUT2D eigenvalue weighted by molar-refractivity contribution is 5.35. The van der Waals surface area contributed by atoms with Gasteiger partial charge in [0.25, 0.3) is 0 Å². The molecule has 5 rings (SSSR count). The van der Waals surface area contributed by atoms with Crippen LogP contribution in [0.1, 0.15) is 42.3 Å². The summed E-state index contributed by atoms with van der Waals surface area (Å²) in [7, 11) is 0. The first-order valence-corrected chi connectivity index (χ1v) is 8.38. The topological polar surface area (TPSA) is 44.5 Å². The molecule has 1 saturated carbocycles. The number of hydrazine groups is 1. The molecule has 3 saturated heterocycles. The van der Waals surface area contributed by atoms with Crippen molar-refractivity contribution in [3.05, 3.63) is 35.4 Å². The molecule has 3 N–H and O–H groups in total. The molecule has 3 heterocycles. The predicted molar refractivity (Wildman–Crippen MR) is 84.9 cm³/mol. The highest BCUT2D eigenvalue weighted by atomic mass is 15.4. The standard InChI is InChI=1S/C17H26N4/c18-19-17(16-12-20-8-10-21(16)11-9-20)15-7-2-1-6-14(15)13-4-3-5-13/h1-2,6-7,13,16-17,19H,3-5,8-12,18H2. The molecule has 4 fully saturated rings. The van der Waals surface area contributed by atoms with Gasteiger partial charge in [0, 0.05) is 38.8 Å². The van der Waals surface area contributed by atoms with Gasteiger partial charge in [-0.05, 0) is 29.9 Å². The van der Waals surface area contributed by atoms with Crippen molar-refractivity contribution in [1.29, 1.82) is 0 Å². The molecule has 1 aromatic carbocycles. The Hall–Kier alpha value is -0.940. The maximum atomic E-state index is 6.00. The lowest BCUT2D eigenvalue weighted by molar-refractivity contribution is -0.00391. The van der Waals surface area contributed by atoms with Gasteiger partial charge in [-0.3, -0.25) is 21.1 Å². The second-order valence-corrected chi connectivity index (χ2v) is 6.81. The lowest BCUT2D eigenvalue weighted by Gasteiger charge is -2.50. The first-order chi connectivity index (χ1) is 10.4. The molecule has 0 spiro atoms. The van der Waals surface area contributed by atoms with Crippen molar-refractivity contribution in [1.82, 2.24) is 15.2 Å². The second kappa shape index (κ2) is 5.69. The third-order valence-corrected chi connectivity index (χ3v) is 5.76. The zero-order valence-corrected chi connectivity index (χ0v) is 12.7. The van der Waals surface area contributed by atoms with Gasteiger partial charge in [-0.1, -0.05) is 30.7 Å². The lowest BCUT2D eigenvalue weighted by atomic mass is 9.76. The van der Waals surface area contributed by atoms with E-state index in [4.69, 9.17) is 5.84 Å². The Morgan fingerprint density at radius 1 is 1.10 bits per heavy atom. The van der Waals surface area contributed by atoms with Crippen LogP contribution < -0.4 is 11.3 Å². The van der Waals surface area contributed by atoms with E-state index in [1.807, 2.05) is 0 Å². The van der Waals surface area contributed by atoms with Gasteiger partial charge < -0.3 is 0 Å². The summed E-state index contributed by atoms with van der Waals surface area (Å²) in [6, 6.07) is 9.72. The summed E-state index contributed by atoms with van der Waals surface area (Å²) in [4.78, 5) is 5.21. The molecule has 0 radical (unpaired) electrons. The number of nitrogens with zero attached hydrogens (tertiary/aromatic N) is 2. The normalized spacial score (nSPS) is 33.7. The van der Waals surface area contributed by atoms with Crippen LogP contribution in [0.4, 0.5) is 0 Å².